The van der Waals surface area contributed by atoms with Gasteiger partial charge in [0, 0.05) is 27.6 Å². The zero-order chi connectivity index (χ0) is 28.7. The van der Waals surface area contributed by atoms with Gasteiger partial charge in [-0.25, -0.2) is 8.42 Å². The molecule has 0 bridgehead atoms. The number of nitrogens with one attached hydrogen (secondary N) is 1. The second-order valence-corrected chi connectivity index (χ2v) is 13.1. The number of hydrogen-bond donors (Lipinski definition) is 1. The van der Waals surface area contributed by atoms with E-state index in [1.54, 1.807) is 25.1 Å². The van der Waals surface area contributed by atoms with Crippen LogP contribution < -0.4 is 9.62 Å². The first-order chi connectivity index (χ1) is 18.4. The molecule has 11 heteroatoms. The van der Waals surface area contributed by atoms with Crippen LogP contribution in [0.25, 0.3) is 0 Å². The quantitative estimate of drug-likeness (QED) is 0.269. The Balaban J connectivity index is 2.03. The Hall–Kier alpha value is -2.59. The van der Waals surface area contributed by atoms with E-state index in [0.29, 0.717) is 6.54 Å². The second kappa shape index (κ2) is 13.7. The summed E-state index contributed by atoms with van der Waals surface area (Å²) >= 11 is 15.8. The molecule has 0 spiro atoms. The Morgan fingerprint density at radius 2 is 1.51 bits per heavy atom. The number of rotatable bonds is 11. The van der Waals surface area contributed by atoms with E-state index in [1.807, 2.05) is 38.1 Å². The molecule has 7 nitrogen and oxygen atoms in total. The fourth-order valence-electron chi connectivity index (χ4n) is 3.75. The first kappa shape index (κ1) is 30.9. The fourth-order valence-corrected chi connectivity index (χ4v) is 5.95. The number of halogens is 3. The largest absolute Gasteiger partial charge is 0.354 e. The van der Waals surface area contributed by atoms with Crippen LogP contribution in [-0.4, -0.2) is 44.3 Å². The minimum Gasteiger partial charge on any atom is -0.354 e. The lowest BCUT2D eigenvalue weighted by Crippen LogP contribution is -2.51. The third-order valence-corrected chi connectivity index (χ3v) is 8.62. The highest BCUT2D eigenvalue weighted by Gasteiger charge is 2.32. The van der Waals surface area contributed by atoms with Crippen molar-refractivity contribution in [3.63, 3.8) is 0 Å². The zero-order valence-corrected chi connectivity index (χ0v) is 25.7. The van der Waals surface area contributed by atoms with E-state index >= 15 is 0 Å². The first-order valence-electron chi connectivity index (χ1n) is 12.2. The van der Waals surface area contributed by atoms with Gasteiger partial charge in [0.2, 0.25) is 11.8 Å². The molecule has 1 atom stereocenters. The van der Waals surface area contributed by atoms with Crippen molar-refractivity contribution in [1.82, 2.24) is 10.2 Å². The molecule has 39 heavy (non-hydrogen) atoms. The molecule has 0 aromatic heterocycles. The standard InChI is InChI=1S/C28H30BrCl2N3O4S/c1-19(2)16-32-28(36)20(3)33(17-21-9-11-22(29)12-10-21)27(35)18-34(25-14-23(30)13-24(31)15-25)39(37,38)26-7-5-4-6-8-26/h4-15,19-20H,16-18H2,1-3H3,(H,32,36)/t20-/m1/s1. The minimum atomic E-state index is -4.20. The summed E-state index contributed by atoms with van der Waals surface area (Å²) in [7, 11) is -4.20. The maximum Gasteiger partial charge on any atom is 0.264 e. The molecule has 0 aliphatic carbocycles. The molecule has 0 saturated carbocycles. The summed E-state index contributed by atoms with van der Waals surface area (Å²) in [5.74, 6) is -0.686. The van der Waals surface area contributed by atoms with Crippen molar-refractivity contribution < 1.29 is 18.0 Å². The summed E-state index contributed by atoms with van der Waals surface area (Å²) in [6, 6.07) is 18.6. The summed E-state index contributed by atoms with van der Waals surface area (Å²) < 4.78 is 29.4. The highest BCUT2D eigenvalue weighted by atomic mass is 79.9. The highest BCUT2D eigenvalue weighted by molar-refractivity contribution is 9.10. The van der Waals surface area contributed by atoms with E-state index < -0.39 is 28.5 Å². The number of hydrogen-bond acceptors (Lipinski definition) is 4. The van der Waals surface area contributed by atoms with Crippen molar-refractivity contribution in [1.29, 1.82) is 0 Å². The number of carbonyl (C=O) groups is 2. The third-order valence-electron chi connectivity index (χ3n) is 5.86. The predicted molar refractivity (Wildman–Crippen MR) is 159 cm³/mol. The van der Waals surface area contributed by atoms with Crippen LogP contribution in [0.1, 0.15) is 26.3 Å². The van der Waals surface area contributed by atoms with E-state index in [1.165, 1.54) is 35.2 Å². The predicted octanol–water partition coefficient (Wildman–Crippen LogP) is 6.14. The molecule has 3 rings (SSSR count). The van der Waals surface area contributed by atoms with E-state index in [2.05, 4.69) is 21.2 Å². The number of anilines is 1. The lowest BCUT2D eigenvalue weighted by atomic mass is 10.1. The van der Waals surface area contributed by atoms with Gasteiger partial charge in [-0.15, -0.1) is 0 Å². The summed E-state index contributed by atoms with van der Waals surface area (Å²) in [5, 5.41) is 3.29. The van der Waals surface area contributed by atoms with Crippen molar-refractivity contribution >= 4 is 66.7 Å². The van der Waals surface area contributed by atoms with Crippen LogP contribution in [0, 0.1) is 5.92 Å². The number of nitrogens with zero attached hydrogens (tertiary/aromatic N) is 2. The molecule has 3 aromatic rings. The van der Waals surface area contributed by atoms with Crippen molar-refractivity contribution in [2.24, 2.45) is 5.92 Å². The van der Waals surface area contributed by atoms with E-state index in [4.69, 9.17) is 23.2 Å². The van der Waals surface area contributed by atoms with Crippen LogP contribution >= 0.6 is 39.1 Å². The topological polar surface area (TPSA) is 86.8 Å². The highest BCUT2D eigenvalue weighted by Crippen LogP contribution is 2.30. The van der Waals surface area contributed by atoms with Gasteiger partial charge in [-0.1, -0.05) is 83.3 Å². The Morgan fingerprint density at radius 3 is 2.08 bits per heavy atom. The van der Waals surface area contributed by atoms with Gasteiger partial charge >= 0.3 is 0 Å². The van der Waals surface area contributed by atoms with Gasteiger partial charge in [0.15, 0.2) is 0 Å². The summed E-state index contributed by atoms with van der Waals surface area (Å²) in [4.78, 5) is 28.3. The molecule has 1 N–H and O–H groups in total. The molecule has 0 aliphatic heterocycles. The zero-order valence-electron chi connectivity index (χ0n) is 21.8. The van der Waals surface area contributed by atoms with Crippen LogP contribution in [-0.2, 0) is 26.2 Å². The Bertz CT molecular complexity index is 1380. The maximum absolute atomic E-state index is 13.9. The third kappa shape index (κ3) is 8.45. The molecule has 0 aliphatic rings. The van der Waals surface area contributed by atoms with Gasteiger partial charge < -0.3 is 10.2 Å². The van der Waals surface area contributed by atoms with Gasteiger partial charge in [0.25, 0.3) is 10.0 Å². The van der Waals surface area contributed by atoms with E-state index in [-0.39, 0.29) is 39.0 Å². The lowest BCUT2D eigenvalue weighted by molar-refractivity contribution is -0.139. The SMILES string of the molecule is CC(C)CNC(=O)[C@@H](C)N(Cc1ccc(Br)cc1)C(=O)CN(c1cc(Cl)cc(Cl)c1)S(=O)(=O)c1ccccc1. The van der Waals surface area contributed by atoms with Crippen molar-refractivity contribution in [2.75, 3.05) is 17.4 Å². The molecular formula is C28H30BrCl2N3O4S. The number of sulfonamides is 1. The van der Waals surface area contributed by atoms with Crippen molar-refractivity contribution in [3.8, 4) is 0 Å². The summed E-state index contributed by atoms with van der Waals surface area (Å²) in [6.07, 6.45) is 0. The van der Waals surface area contributed by atoms with Gasteiger partial charge in [0.1, 0.15) is 12.6 Å². The van der Waals surface area contributed by atoms with Crippen LogP contribution in [0.2, 0.25) is 10.0 Å². The van der Waals surface area contributed by atoms with Gasteiger partial charge in [-0.2, -0.15) is 0 Å². The minimum absolute atomic E-state index is 0.00363. The molecule has 3 aromatic carbocycles. The maximum atomic E-state index is 13.9. The molecular weight excluding hydrogens is 625 g/mol. The monoisotopic (exact) mass is 653 g/mol. The van der Waals surface area contributed by atoms with Crippen molar-refractivity contribution in [2.45, 2.75) is 38.3 Å². The van der Waals surface area contributed by atoms with Crippen LogP contribution in [0.4, 0.5) is 5.69 Å². The fraction of sp³-hybridized carbons (Fsp3) is 0.286. The molecule has 0 saturated heterocycles. The van der Waals surface area contributed by atoms with Gasteiger partial charge in [-0.05, 0) is 60.9 Å². The first-order valence-corrected chi connectivity index (χ1v) is 15.2. The summed E-state index contributed by atoms with van der Waals surface area (Å²) in [5.41, 5.74) is 0.906. The van der Waals surface area contributed by atoms with Crippen LogP contribution in [0.3, 0.4) is 0 Å². The van der Waals surface area contributed by atoms with Gasteiger partial charge in [0.05, 0.1) is 10.6 Å². The number of amides is 2. The molecule has 0 heterocycles. The van der Waals surface area contributed by atoms with E-state index in [9.17, 15) is 18.0 Å². The Labute approximate surface area is 248 Å². The number of benzene rings is 3. The van der Waals surface area contributed by atoms with Crippen LogP contribution in [0.5, 0.6) is 0 Å². The lowest BCUT2D eigenvalue weighted by Gasteiger charge is -2.32. The van der Waals surface area contributed by atoms with Crippen molar-refractivity contribution in [3.05, 3.63) is 92.9 Å². The average molecular weight is 655 g/mol. The Kier molecular flexibility index (Phi) is 10.8. The Morgan fingerprint density at radius 1 is 0.923 bits per heavy atom. The molecule has 2 amide bonds. The van der Waals surface area contributed by atoms with E-state index in [0.717, 1.165) is 14.3 Å². The number of carbonyl (C=O) groups excluding carboxylic acids is 2. The molecule has 0 unspecified atom stereocenters. The second-order valence-electron chi connectivity index (χ2n) is 9.42. The smallest absolute Gasteiger partial charge is 0.264 e. The average Bonchev–Trinajstić information content (AvgIpc) is 2.89. The van der Waals surface area contributed by atoms with Gasteiger partial charge in [-0.3, -0.25) is 13.9 Å². The van der Waals surface area contributed by atoms with Crippen LogP contribution in [0.15, 0.2) is 82.2 Å². The normalized spacial score (nSPS) is 12.2. The molecule has 208 valence electrons. The summed E-state index contributed by atoms with van der Waals surface area (Å²) in [6.45, 7) is 5.53. The molecule has 0 fully saturated rings. The molecule has 0 radical (unpaired) electrons.